The second kappa shape index (κ2) is 5.17. The smallest absolute Gasteiger partial charge is 0.255 e. The third-order valence-electron chi connectivity index (χ3n) is 1.67. The molecule has 4 heteroatoms. The minimum atomic E-state index is -2.46. The maximum Gasteiger partial charge on any atom is 0.280 e. The van der Waals surface area contributed by atoms with Crippen molar-refractivity contribution >= 4 is 11.8 Å². The second-order valence-corrected chi connectivity index (χ2v) is 3.62. The lowest BCUT2D eigenvalue weighted by atomic mass is 10.2. The summed E-state index contributed by atoms with van der Waals surface area (Å²) in [5, 5.41) is 0. The van der Waals surface area contributed by atoms with Crippen LogP contribution >= 0.6 is 11.8 Å². The number of rotatable bonds is 4. The molecule has 13 heavy (non-hydrogen) atoms. The van der Waals surface area contributed by atoms with Gasteiger partial charge in [0.05, 0.1) is 0 Å². The Balaban J connectivity index is 2.59. The van der Waals surface area contributed by atoms with E-state index >= 15 is 0 Å². The van der Waals surface area contributed by atoms with Crippen molar-refractivity contribution in [2.45, 2.75) is 12.8 Å². The van der Waals surface area contributed by atoms with E-state index in [1.54, 1.807) is 17.8 Å². The summed E-state index contributed by atoms with van der Waals surface area (Å²) in [6.07, 6.45) is 1.96. The average Bonchev–Trinajstić information content (AvgIpc) is 2.15. The number of nitrogens with zero attached hydrogens (tertiary/aromatic N) is 1. The van der Waals surface area contributed by atoms with Crippen molar-refractivity contribution in [1.29, 1.82) is 0 Å². The van der Waals surface area contributed by atoms with Gasteiger partial charge < -0.3 is 0 Å². The van der Waals surface area contributed by atoms with Crippen LogP contribution in [0.4, 0.5) is 8.78 Å². The van der Waals surface area contributed by atoms with Gasteiger partial charge in [-0.15, -0.1) is 0 Å². The topological polar surface area (TPSA) is 12.9 Å². The fourth-order valence-electron chi connectivity index (χ4n) is 0.933. The summed E-state index contributed by atoms with van der Waals surface area (Å²) in [6, 6.07) is 3.10. The van der Waals surface area contributed by atoms with E-state index in [0.29, 0.717) is 0 Å². The normalized spacial score (nSPS) is 10.8. The molecule has 72 valence electrons. The Morgan fingerprint density at radius 3 is 2.69 bits per heavy atom. The monoisotopic (exact) mass is 203 g/mol. The van der Waals surface area contributed by atoms with E-state index in [1.165, 1.54) is 12.3 Å². The molecule has 0 N–H and O–H groups in total. The first-order valence-corrected chi connectivity index (χ1v) is 5.35. The number of alkyl halides is 2. The van der Waals surface area contributed by atoms with Crippen molar-refractivity contribution < 1.29 is 8.78 Å². The Morgan fingerprint density at radius 1 is 1.46 bits per heavy atom. The van der Waals surface area contributed by atoms with E-state index in [1.807, 2.05) is 6.26 Å². The van der Waals surface area contributed by atoms with Crippen LogP contribution in [0.5, 0.6) is 0 Å². The molecule has 0 radical (unpaired) electrons. The standard InChI is InChI=1S/C9H11F2NS/c1-13-5-4-7-2-3-8(9(10)11)12-6-7/h2-3,6,9H,4-5H2,1H3. The molecule has 0 aliphatic carbocycles. The van der Waals surface area contributed by atoms with Gasteiger partial charge in [-0.1, -0.05) is 6.07 Å². The Bertz CT molecular complexity index is 248. The van der Waals surface area contributed by atoms with Crippen molar-refractivity contribution in [2.75, 3.05) is 12.0 Å². The highest BCUT2D eigenvalue weighted by Crippen LogP contribution is 2.16. The highest BCUT2D eigenvalue weighted by Gasteiger charge is 2.07. The molecule has 1 nitrogen and oxygen atoms in total. The van der Waals surface area contributed by atoms with Gasteiger partial charge in [0.15, 0.2) is 0 Å². The van der Waals surface area contributed by atoms with Crippen LogP contribution in [0.25, 0.3) is 0 Å². The summed E-state index contributed by atoms with van der Waals surface area (Å²) in [5.74, 6) is 0.996. The van der Waals surface area contributed by atoms with E-state index in [2.05, 4.69) is 4.98 Å². The molecule has 0 aliphatic heterocycles. The van der Waals surface area contributed by atoms with Crippen molar-refractivity contribution in [3.05, 3.63) is 29.6 Å². The first kappa shape index (κ1) is 10.4. The molecule has 0 aromatic carbocycles. The zero-order valence-electron chi connectivity index (χ0n) is 7.34. The predicted octanol–water partition coefficient (Wildman–Crippen LogP) is 2.92. The van der Waals surface area contributed by atoms with Crippen molar-refractivity contribution in [3.8, 4) is 0 Å². The quantitative estimate of drug-likeness (QED) is 0.746. The molecular weight excluding hydrogens is 192 g/mol. The Labute approximate surface area is 80.6 Å². The molecule has 0 atom stereocenters. The number of thioether (sulfide) groups is 1. The molecule has 1 aromatic heterocycles. The van der Waals surface area contributed by atoms with Gasteiger partial charge >= 0.3 is 0 Å². The molecule has 0 saturated carbocycles. The zero-order valence-corrected chi connectivity index (χ0v) is 8.15. The molecule has 0 spiro atoms. The SMILES string of the molecule is CSCCc1ccc(C(F)F)nc1. The summed E-state index contributed by atoms with van der Waals surface area (Å²) < 4.78 is 24.2. The highest BCUT2D eigenvalue weighted by molar-refractivity contribution is 7.98. The molecule has 0 aliphatic rings. The lowest BCUT2D eigenvalue weighted by Crippen LogP contribution is -1.93. The number of halogens is 2. The molecule has 1 rings (SSSR count). The van der Waals surface area contributed by atoms with Crippen LogP contribution in [0.3, 0.4) is 0 Å². The van der Waals surface area contributed by atoms with Gasteiger partial charge in [0.25, 0.3) is 6.43 Å². The van der Waals surface area contributed by atoms with Crippen molar-refractivity contribution in [2.24, 2.45) is 0 Å². The first-order chi connectivity index (χ1) is 6.24. The number of hydrogen-bond acceptors (Lipinski definition) is 2. The number of aryl methyl sites for hydroxylation is 1. The number of hydrogen-bond donors (Lipinski definition) is 0. The van der Waals surface area contributed by atoms with Crippen LogP contribution < -0.4 is 0 Å². The molecule has 0 unspecified atom stereocenters. The maximum atomic E-state index is 12.1. The maximum absolute atomic E-state index is 12.1. The molecular formula is C9H11F2NS. The van der Waals surface area contributed by atoms with Crippen LogP contribution in [0, 0.1) is 0 Å². The molecule has 1 heterocycles. The summed E-state index contributed by atoms with van der Waals surface area (Å²) in [6.45, 7) is 0. The summed E-state index contributed by atoms with van der Waals surface area (Å²) >= 11 is 1.73. The van der Waals surface area contributed by atoms with Gasteiger partial charge in [-0.2, -0.15) is 11.8 Å². The van der Waals surface area contributed by atoms with Gasteiger partial charge in [-0.25, -0.2) is 8.78 Å². The Kier molecular flexibility index (Phi) is 4.15. The van der Waals surface area contributed by atoms with E-state index in [-0.39, 0.29) is 5.69 Å². The summed E-state index contributed by atoms with van der Waals surface area (Å²) in [5.41, 5.74) is 0.867. The highest BCUT2D eigenvalue weighted by atomic mass is 32.2. The molecule has 0 fully saturated rings. The Morgan fingerprint density at radius 2 is 2.23 bits per heavy atom. The van der Waals surface area contributed by atoms with E-state index in [0.717, 1.165) is 17.7 Å². The lowest BCUT2D eigenvalue weighted by Gasteiger charge is -2.01. The first-order valence-electron chi connectivity index (χ1n) is 3.96. The Hall–Kier alpha value is -0.640. The third kappa shape index (κ3) is 3.30. The minimum absolute atomic E-state index is 0.145. The number of pyridine rings is 1. The van der Waals surface area contributed by atoms with Gasteiger partial charge in [0.2, 0.25) is 0 Å². The third-order valence-corrected chi connectivity index (χ3v) is 2.28. The number of aromatic nitrogens is 1. The average molecular weight is 203 g/mol. The van der Waals surface area contributed by atoms with Crippen LogP contribution in [0.1, 0.15) is 17.7 Å². The van der Waals surface area contributed by atoms with E-state index in [9.17, 15) is 8.78 Å². The molecule has 0 saturated heterocycles. The van der Waals surface area contributed by atoms with Crippen molar-refractivity contribution in [1.82, 2.24) is 4.98 Å². The van der Waals surface area contributed by atoms with Crippen LogP contribution in [0.2, 0.25) is 0 Å². The summed E-state index contributed by atoms with van der Waals surface area (Å²) in [7, 11) is 0. The van der Waals surface area contributed by atoms with Gasteiger partial charge in [-0.3, -0.25) is 4.98 Å². The molecule has 0 amide bonds. The second-order valence-electron chi connectivity index (χ2n) is 2.63. The lowest BCUT2D eigenvalue weighted by molar-refractivity contribution is 0.146. The van der Waals surface area contributed by atoms with Gasteiger partial charge in [-0.05, 0) is 30.1 Å². The molecule has 1 aromatic rings. The van der Waals surface area contributed by atoms with Crippen LogP contribution in [0.15, 0.2) is 18.3 Å². The molecule has 0 bridgehead atoms. The predicted molar refractivity (Wildman–Crippen MR) is 51.3 cm³/mol. The van der Waals surface area contributed by atoms with Crippen molar-refractivity contribution in [3.63, 3.8) is 0 Å². The van der Waals surface area contributed by atoms with Gasteiger partial charge in [0.1, 0.15) is 5.69 Å². The van der Waals surface area contributed by atoms with E-state index < -0.39 is 6.43 Å². The zero-order chi connectivity index (χ0) is 9.68. The van der Waals surface area contributed by atoms with Crippen LogP contribution in [-0.2, 0) is 6.42 Å². The van der Waals surface area contributed by atoms with E-state index in [4.69, 9.17) is 0 Å². The summed E-state index contributed by atoms with van der Waals surface area (Å²) in [4.78, 5) is 3.67. The minimum Gasteiger partial charge on any atom is -0.255 e. The van der Waals surface area contributed by atoms with Crippen LogP contribution in [-0.4, -0.2) is 17.0 Å². The fraction of sp³-hybridized carbons (Fsp3) is 0.444. The van der Waals surface area contributed by atoms with Gasteiger partial charge in [0, 0.05) is 6.20 Å². The fourth-order valence-corrected chi connectivity index (χ4v) is 1.37. The largest absolute Gasteiger partial charge is 0.280 e.